The fourth-order valence-corrected chi connectivity index (χ4v) is 4.36. The van der Waals surface area contributed by atoms with Crippen LogP contribution in [0.15, 0.2) is 72.3 Å². The Kier molecular flexibility index (Phi) is 6.25. The fraction of sp³-hybridized carbons (Fsp3) is 0.185. The molecule has 5 nitrogen and oxygen atoms in total. The highest BCUT2D eigenvalue weighted by Crippen LogP contribution is 2.44. The number of ether oxygens (including phenoxy) is 1. The van der Waals surface area contributed by atoms with Gasteiger partial charge in [-0.15, -0.1) is 0 Å². The molecule has 0 aromatic heterocycles. The van der Waals surface area contributed by atoms with Crippen LogP contribution >= 0.6 is 11.6 Å². The molecule has 0 aliphatic carbocycles. The van der Waals surface area contributed by atoms with Gasteiger partial charge in [-0.1, -0.05) is 59.6 Å². The smallest absolute Gasteiger partial charge is 0.300 e. The van der Waals surface area contributed by atoms with E-state index in [1.165, 1.54) is 4.90 Å². The third kappa shape index (κ3) is 4.12. The van der Waals surface area contributed by atoms with Crippen LogP contribution in [0.3, 0.4) is 0 Å². The highest BCUT2D eigenvalue weighted by atomic mass is 35.5. The van der Waals surface area contributed by atoms with Gasteiger partial charge in [-0.25, -0.2) is 0 Å². The molecule has 1 heterocycles. The normalized spacial score (nSPS) is 17.5. The molecule has 0 saturated carbocycles. The van der Waals surface area contributed by atoms with E-state index in [2.05, 4.69) is 0 Å². The molecule has 1 fully saturated rings. The maximum Gasteiger partial charge on any atom is 0.300 e. The molecule has 4 rings (SSSR count). The third-order valence-corrected chi connectivity index (χ3v) is 6.01. The molecular formula is C27H24ClNO4. The van der Waals surface area contributed by atoms with Gasteiger partial charge in [-0.05, 0) is 56.2 Å². The van der Waals surface area contributed by atoms with E-state index < -0.39 is 17.7 Å². The molecule has 0 spiro atoms. The van der Waals surface area contributed by atoms with E-state index >= 15 is 0 Å². The van der Waals surface area contributed by atoms with Crippen molar-refractivity contribution in [2.75, 3.05) is 11.5 Å². The van der Waals surface area contributed by atoms with E-state index in [0.717, 1.165) is 16.7 Å². The monoisotopic (exact) mass is 461 g/mol. The largest absolute Gasteiger partial charge is 0.507 e. The van der Waals surface area contributed by atoms with Gasteiger partial charge in [0, 0.05) is 11.3 Å². The van der Waals surface area contributed by atoms with Gasteiger partial charge in [0.1, 0.15) is 11.5 Å². The van der Waals surface area contributed by atoms with E-state index in [4.69, 9.17) is 16.3 Å². The van der Waals surface area contributed by atoms with E-state index in [1.54, 1.807) is 24.3 Å². The first-order valence-electron chi connectivity index (χ1n) is 10.7. The molecule has 1 N–H and O–H groups in total. The SMILES string of the molecule is CCOc1ccc(Cl)c(/C(O)=C2\C(=O)C(=O)N(c3ccccc3C)C2c2cccc(C)c2)c1. The second-order valence-electron chi connectivity index (χ2n) is 7.94. The minimum Gasteiger partial charge on any atom is -0.507 e. The molecule has 1 unspecified atom stereocenters. The Morgan fingerprint density at radius 2 is 1.79 bits per heavy atom. The van der Waals surface area contributed by atoms with Crippen molar-refractivity contribution in [2.45, 2.75) is 26.8 Å². The van der Waals surface area contributed by atoms with Crippen molar-refractivity contribution in [3.8, 4) is 5.75 Å². The maximum atomic E-state index is 13.3. The summed E-state index contributed by atoms with van der Waals surface area (Å²) in [6.07, 6.45) is 0. The lowest BCUT2D eigenvalue weighted by Gasteiger charge is -2.27. The lowest BCUT2D eigenvalue weighted by Crippen LogP contribution is -2.30. The van der Waals surface area contributed by atoms with E-state index in [1.807, 2.05) is 63.2 Å². The molecule has 1 saturated heterocycles. The Morgan fingerprint density at radius 3 is 2.48 bits per heavy atom. The summed E-state index contributed by atoms with van der Waals surface area (Å²) in [5.41, 5.74) is 3.37. The summed E-state index contributed by atoms with van der Waals surface area (Å²) >= 11 is 6.39. The lowest BCUT2D eigenvalue weighted by molar-refractivity contribution is -0.132. The number of nitrogens with zero attached hydrogens (tertiary/aromatic N) is 1. The molecular weight excluding hydrogens is 438 g/mol. The Labute approximate surface area is 197 Å². The fourth-order valence-electron chi connectivity index (χ4n) is 4.16. The van der Waals surface area contributed by atoms with Crippen LogP contribution in [0.25, 0.3) is 5.76 Å². The topological polar surface area (TPSA) is 66.8 Å². The second-order valence-corrected chi connectivity index (χ2v) is 8.35. The summed E-state index contributed by atoms with van der Waals surface area (Å²) < 4.78 is 5.54. The summed E-state index contributed by atoms with van der Waals surface area (Å²) in [5.74, 6) is -1.29. The zero-order valence-corrected chi connectivity index (χ0v) is 19.4. The number of ketones is 1. The van der Waals surface area contributed by atoms with Crippen molar-refractivity contribution in [3.63, 3.8) is 0 Å². The average molecular weight is 462 g/mol. The number of amides is 1. The number of anilines is 1. The summed E-state index contributed by atoms with van der Waals surface area (Å²) in [6.45, 7) is 6.10. The molecule has 3 aromatic rings. The summed E-state index contributed by atoms with van der Waals surface area (Å²) in [5, 5.41) is 11.6. The number of carbonyl (C=O) groups excluding carboxylic acids is 2. The summed E-state index contributed by atoms with van der Waals surface area (Å²) in [7, 11) is 0. The van der Waals surface area contributed by atoms with Crippen LogP contribution < -0.4 is 9.64 Å². The Hall–Kier alpha value is -3.57. The second kappa shape index (κ2) is 9.12. The van der Waals surface area contributed by atoms with Gasteiger partial charge in [0.25, 0.3) is 11.7 Å². The highest BCUT2D eigenvalue weighted by Gasteiger charge is 2.47. The predicted octanol–water partition coefficient (Wildman–Crippen LogP) is 5.98. The van der Waals surface area contributed by atoms with Crippen molar-refractivity contribution in [1.29, 1.82) is 0 Å². The first kappa shape index (κ1) is 22.6. The Balaban J connectivity index is 1.98. The van der Waals surface area contributed by atoms with Crippen molar-refractivity contribution in [1.82, 2.24) is 0 Å². The molecule has 6 heteroatoms. The number of para-hydroxylation sites is 1. The Bertz CT molecular complexity index is 1280. The number of rotatable bonds is 5. The molecule has 1 amide bonds. The number of benzene rings is 3. The van der Waals surface area contributed by atoms with Gasteiger partial charge in [-0.2, -0.15) is 0 Å². The van der Waals surface area contributed by atoms with E-state index in [0.29, 0.717) is 18.0 Å². The quantitative estimate of drug-likeness (QED) is 0.288. The van der Waals surface area contributed by atoms with Crippen molar-refractivity contribution < 1.29 is 19.4 Å². The molecule has 1 atom stereocenters. The van der Waals surface area contributed by atoms with Gasteiger partial charge in [0.2, 0.25) is 0 Å². The third-order valence-electron chi connectivity index (χ3n) is 5.68. The molecule has 3 aromatic carbocycles. The number of carbonyl (C=O) groups is 2. The van der Waals surface area contributed by atoms with Crippen molar-refractivity contribution >= 4 is 34.7 Å². The van der Waals surface area contributed by atoms with Gasteiger partial charge >= 0.3 is 0 Å². The number of aliphatic hydroxyl groups excluding tert-OH is 1. The van der Waals surface area contributed by atoms with Gasteiger partial charge in [-0.3, -0.25) is 14.5 Å². The highest BCUT2D eigenvalue weighted by molar-refractivity contribution is 6.52. The summed E-state index contributed by atoms with van der Waals surface area (Å²) in [6, 6.07) is 19.0. The number of aryl methyl sites for hydroxylation is 2. The maximum absolute atomic E-state index is 13.3. The summed E-state index contributed by atoms with van der Waals surface area (Å²) in [4.78, 5) is 28.1. The standard InChI is InChI=1S/C27H24ClNO4/c1-4-33-19-12-13-21(28)20(15-19)25(30)23-24(18-10-7-8-16(2)14-18)29(27(32)26(23)31)22-11-6-5-9-17(22)3/h5-15,24,30H,4H2,1-3H3/b25-23+. The van der Waals surface area contributed by atoms with Crippen molar-refractivity contribution in [2.24, 2.45) is 0 Å². The van der Waals surface area contributed by atoms with Crippen LogP contribution in [0.4, 0.5) is 5.69 Å². The first-order valence-corrected chi connectivity index (χ1v) is 11.1. The number of halogens is 1. The minimum absolute atomic E-state index is 0.00981. The zero-order chi connectivity index (χ0) is 23.7. The van der Waals surface area contributed by atoms with Crippen LogP contribution in [0.1, 0.15) is 35.2 Å². The van der Waals surface area contributed by atoms with E-state index in [9.17, 15) is 14.7 Å². The van der Waals surface area contributed by atoms with E-state index in [-0.39, 0.29) is 21.9 Å². The van der Waals surface area contributed by atoms with Crippen molar-refractivity contribution in [3.05, 3.63) is 99.6 Å². The number of hydrogen-bond donors (Lipinski definition) is 1. The zero-order valence-electron chi connectivity index (χ0n) is 18.6. The predicted molar refractivity (Wildman–Crippen MR) is 130 cm³/mol. The molecule has 168 valence electrons. The van der Waals surface area contributed by atoms with Gasteiger partial charge in [0.05, 0.1) is 23.2 Å². The van der Waals surface area contributed by atoms with Crippen LogP contribution in [-0.2, 0) is 9.59 Å². The molecule has 1 aliphatic heterocycles. The van der Waals surface area contributed by atoms with Crippen LogP contribution in [-0.4, -0.2) is 23.4 Å². The number of hydrogen-bond acceptors (Lipinski definition) is 4. The van der Waals surface area contributed by atoms with Gasteiger partial charge < -0.3 is 9.84 Å². The minimum atomic E-state index is -0.808. The Morgan fingerprint density at radius 1 is 1.03 bits per heavy atom. The number of aliphatic hydroxyl groups is 1. The molecule has 1 aliphatic rings. The molecule has 0 bridgehead atoms. The average Bonchev–Trinajstić information content (AvgIpc) is 3.06. The van der Waals surface area contributed by atoms with Crippen LogP contribution in [0, 0.1) is 13.8 Å². The van der Waals surface area contributed by atoms with Crippen LogP contribution in [0.5, 0.6) is 5.75 Å². The lowest BCUT2D eigenvalue weighted by atomic mass is 9.94. The molecule has 0 radical (unpaired) electrons. The molecule has 33 heavy (non-hydrogen) atoms. The van der Waals surface area contributed by atoms with Crippen LogP contribution in [0.2, 0.25) is 5.02 Å². The number of Topliss-reactive ketones (excluding diaryl/α,β-unsaturated/α-hetero) is 1. The van der Waals surface area contributed by atoms with Gasteiger partial charge in [0.15, 0.2) is 0 Å². The first-order chi connectivity index (χ1) is 15.8.